The van der Waals surface area contributed by atoms with E-state index in [1.54, 1.807) is 0 Å². The SMILES string of the molecule is CCCNc1c2c(nc3c(C)cc(C)cc13)CCC2. The number of aromatic nitrogens is 1. The number of hydrogen-bond donors (Lipinski definition) is 1. The molecule has 0 spiro atoms. The molecule has 0 atom stereocenters. The highest BCUT2D eigenvalue weighted by Gasteiger charge is 2.20. The minimum atomic E-state index is 1.04. The van der Waals surface area contributed by atoms with Crippen molar-refractivity contribution in [2.24, 2.45) is 0 Å². The molecule has 1 aliphatic carbocycles. The molecule has 2 heteroatoms. The van der Waals surface area contributed by atoms with Gasteiger partial charge in [-0.25, -0.2) is 0 Å². The third-order valence-electron chi connectivity index (χ3n) is 4.00. The first-order valence-corrected chi connectivity index (χ1v) is 7.37. The van der Waals surface area contributed by atoms with Crippen molar-refractivity contribution in [2.45, 2.75) is 46.5 Å². The highest BCUT2D eigenvalue weighted by atomic mass is 14.9. The van der Waals surface area contributed by atoms with Crippen LogP contribution in [0.1, 0.15) is 42.1 Å². The van der Waals surface area contributed by atoms with Crippen molar-refractivity contribution in [1.82, 2.24) is 4.98 Å². The Labute approximate surface area is 115 Å². The normalized spacial score (nSPS) is 13.8. The van der Waals surface area contributed by atoms with Crippen LogP contribution >= 0.6 is 0 Å². The van der Waals surface area contributed by atoms with Crippen LogP contribution in [0.5, 0.6) is 0 Å². The maximum Gasteiger partial charge on any atom is 0.0755 e. The van der Waals surface area contributed by atoms with E-state index >= 15 is 0 Å². The molecule has 0 radical (unpaired) electrons. The highest BCUT2D eigenvalue weighted by molar-refractivity contribution is 5.96. The summed E-state index contributed by atoms with van der Waals surface area (Å²) < 4.78 is 0. The smallest absolute Gasteiger partial charge is 0.0755 e. The molecule has 1 aliphatic rings. The number of pyridine rings is 1. The van der Waals surface area contributed by atoms with Crippen molar-refractivity contribution >= 4 is 16.6 Å². The number of nitrogens with zero attached hydrogens (tertiary/aromatic N) is 1. The van der Waals surface area contributed by atoms with Gasteiger partial charge in [-0.2, -0.15) is 0 Å². The molecule has 0 amide bonds. The zero-order valence-electron chi connectivity index (χ0n) is 12.1. The number of rotatable bonds is 3. The third-order valence-corrected chi connectivity index (χ3v) is 4.00. The Morgan fingerprint density at radius 1 is 1.21 bits per heavy atom. The van der Waals surface area contributed by atoms with Crippen LogP contribution in [-0.2, 0) is 12.8 Å². The van der Waals surface area contributed by atoms with Gasteiger partial charge in [0.1, 0.15) is 0 Å². The summed E-state index contributed by atoms with van der Waals surface area (Å²) in [5.74, 6) is 0. The van der Waals surface area contributed by atoms with Gasteiger partial charge in [0.05, 0.1) is 5.52 Å². The molecule has 19 heavy (non-hydrogen) atoms. The summed E-state index contributed by atoms with van der Waals surface area (Å²) in [5.41, 5.74) is 7.94. The van der Waals surface area contributed by atoms with Gasteiger partial charge in [0.2, 0.25) is 0 Å². The second-order valence-electron chi connectivity index (χ2n) is 5.67. The molecule has 1 heterocycles. The predicted octanol–water partition coefficient (Wildman–Crippen LogP) is 4.16. The Morgan fingerprint density at radius 2 is 2.05 bits per heavy atom. The van der Waals surface area contributed by atoms with Crippen LogP contribution in [0.4, 0.5) is 5.69 Å². The summed E-state index contributed by atoms with van der Waals surface area (Å²) in [4.78, 5) is 4.93. The number of anilines is 1. The van der Waals surface area contributed by atoms with Crippen molar-refractivity contribution in [3.05, 3.63) is 34.5 Å². The maximum absolute atomic E-state index is 4.93. The van der Waals surface area contributed by atoms with Gasteiger partial charge in [-0.1, -0.05) is 18.6 Å². The molecule has 2 aromatic rings. The van der Waals surface area contributed by atoms with Gasteiger partial charge in [0.25, 0.3) is 0 Å². The number of nitrogens with one attached hydrogen (secondary N) is 1. The van der Waals surface area contributed by atoms with E-state index in [1.165, 1.54) is 51.8 Å². The van der Waals surface area contributed by atoms with E-state index in [0.29, 0.717) is 0 Å². The molecule has 0 fully saturated rings. The van der Waals surface area contributed by atoms with Crippen LogP contribution in [0.3, 0.4) is 0 Å². The van der Waals surface area contributed by atoms with Gasteiger partial charge < -0.3 is 5.32 Å². The zero-order valence-corrected chi connectivity index (χ0v) is 12.1. The molecular formula is C17H22N2. The number of hydrogen-bond acceptors (Lipinski definition) is 2. The van der Waals surface area contributed by atoms with E-state index in [9.17, 15) is 0 Å². The topological polar surface area (TPSA) is 24.9 Å². The van der Waals surface area contributed by atoms with Crippen LogP contribution in [-0.4, -0.2) is 11.5 Å². The predicted molar refractivity (Wildman–Crippen MR) is 82.0 cm³/mol. The molecule has 1 N–H and O–H groups in total. The van der Waals surface area contributed by atoms with Crippen LogP contribution in [0.2, 0.25) is 0 Å². The van der Waals surface area contributed by atoms with Crippen molar-refractivity contribution < 1.29 is 0 Å². The molecule has 100 valence electrons. The zero-order chi connectivity index (χ0) is 13.4. The largest absolute Gasteiger partial charge is 0.384 e. The Hall–Kier alpha value is -1.57. The summed E-state index contributed by atoms with van der Waals surface area (Å²) in [6.07, 6.45) is 4.72. The van der Waals surface area contributed by atoms with Crippen molar-refractivity contribution in [3.63, 3.8) is 0 Å². The Morgan fingerprint density at radius 3 is 2.84 bits per heavy atom. The summed E-state index contributed by atoms with van der Waals surface area (Å²) in [7, 11) is 0. The highest BCUT2D eigenvalue weighted by Crippen LogP contribution is 2.35. The van der Waals surface area contributed by atoms with Gasteiger partial charge in [-0.3, -0.25) is 4.98 Å². The molecular weight excluding hydrogens is 232 g/mol. The lowest BCUT2D eigenvalue weighted by molar-refractivity contribution is 0.900. The Balaban J connectivity index is 2.28. The van der Waals surface area contributed by atoms with Crippen molar-refractivity contribution in [2.75, 3.05) is 11.9 Å². The standard InChI is InChI=1S/C17H22N2/c1-4-8-18-17-13-6-5-7-15(13)19-16-12(3)9-11(2)10-14(16)17/h9-10H,4-8H2,1-3H3,(H,18,19). The summed E-state index contributed by atoms with van der Waals surface area (Å²) in [6, 6.07) is 4.52. The number of aryl methyl sites for hydroxylation is 3. The fourth-order valence-corrected chi connectivity index (χ4v) is 3.17. The Bertz CT molecular complexity index is 629. The second kappa shape index (κ2) is 4.84. The lowest BCUT2D eigenvalue weighted by Crippen LogP contribution is -2.06. The first-order valence-electron chi connectivity index (χ1n) is 7.37. The van der Waals surface area contributed by atoms with E-state index in [-0.39, 0.29) is 0 Å². The molecule has 2 nitrogen and oxygen atoms in total. The molecule has 0 bridgehead atoms. The van der Waals surface area contributed by atoms with Gasteiger partial charge in [0, 0.05) is 23.3 Å². The van der Waals surface area contributed by atoms with E-state index in [0.717, 1.165) is 19.4 Å². The van der Waals surface area contributed by atoms with Crippen LogP contribution < -0.4 is 5.32 Å². The molecule has 0 aliphatic heterocycles. The maximum atomic E-state index is 4.93. The fraction of sp³-hybridized carbons (Fsp3) is 0.471. The van der Waals surface area contributed by atoms with E-state index < -0.39 is 0 Å². The van der Waals surface area contributed by atoms with E-state index in [2.05, 4.69) is 38.2 Å². The average Bonchev–Trinajstić information content (AvgIpc) is 2.83. The molecule has 1 aromatic heterocycles. The van der Waals surface area contributed by atoms with Crippen molar-refractivity contribution in [1.29, 1.82) is 0 Å². The molecule has 3 rings (SSSR count). The van der Waals surface area contributed by atoms with Crippen LogP contribution in [0.15, 0.2) is 12.1 Å². The van der Waals surface area contributed by atoms with Gasteiger partial charge in [0.15, 0.2) is 0 Å². The minimum absolute atomic E-state index is 1.04. The summed E-state index contributed by atoms with van der Waals surface area (Å²) in [6.45, 7) is 7.60. The molecule has 0 saturated carbocycles. The van der Waals surface area contributed by atoms with Gasteiger partial charge in [-0.05, 0) is 56.7 Å². The number of benzene rings is 1. The fourth-order valence-electron chi connectivity index (χ4n) is 3.17. The first-order chi connectivity index (χ1) is 9.20. The van der Waals surface area contributed by atoms with Crippen LogP contribution in [0, 0.1) is 13.8 Å². The van der Waals surface area contributed by atoms with Crippen molar-refractivity contribution in [3.8, 4) is 0 Å². The van der Waals surface area contributed by atoms with E-state index in [4.69, 9.17) is 4.98 Å². The molecule has 1 aromatic carbocycles. The second-order valence-corrected chi connectivity index (χ2v) is 5.67. The quantitative estimate of drug-likeness (QED) is 0.889. The van der Waals surface area contributed by atoms with Gasteiger partial charge >= 0.3 is 0 Å². The lowest BCUT2D eigenvalue weighted by Gasteiger charge is -2.16. The summed E-state index contributed by atoms with van der Waals surface area (Å²) >= 11 is 0. The molecule has 0 unspecified atom stereocenters. The average molecular weight is 254 g/mol. The Kier molecular flexibility index (Phi) is 3.17. The van der Waals surface area contributed by atoms with Gasteiger partial charge in [-0.15, -0.1) is 0 Å². The van der Waals surface area contributed by atoms with Crippen LogP contribution in [0.25, 0.3) is 10.9 Å². The monoisotopic (exact) mass is 254 g/mol. The number of fused-ring (bicyclic) bond motifs is 2. The first kappa shape index (κ1) is 12.5. The molecule has 0 saturated heterocycles. The third kappa shape index (κ3) is 2.09. The van der Waals surface area contributed by atoms with E-state index in [1.807, 2.05) is 0 Å². The minimum Gasteiger partial charge on any atom is -0.384 e. The summed E-state index contributed by atoms with van der Waals surface area (Å²) in [5, 5.41) is 4.96. The lowest BCUT2D eigenvalue weighted by atomic mass is 10.0.